The van der Waals surface area contributed by atoms with Crippen molar-refractivity contribution in [2.45, 2.75) is 66.2 Å². The van der Waals surface area contributed by atoms with E-state index in [0.29, 0.717) is 19.5 Å². The molecule has 0 saturated heterocycles. The van der Waals surface area contributed by atoms with E-state index in [9.17, 15) is 9.59 Å². The first kappa shape index (κ1) is 23.0. The van der Waals surface area contributed by atoms with Crippen LogP contribution in [0.5, 0.6) is 0 Å². The molecule has 1 N–H and O–H groups in total. The van der Waals surface area contributed by atoms with E-state index >= 15 is 0 Å². The Hall–Kier alpha value is -2.30. The van der Waals surface area contributed by atoms with Crippen LogP contribution < -0.4 is 15.1 Å². The van der Waals surface area contributed by atoms with Gasteiger partial charge in [0.25, 0.3) is 0 Å². The Morgan fingerprint density at radius 2 is 1.90 bits per heavy atom. The highest BCUT2D eigenvalue weighted by atomic mass is 16.2. The summed E-state index contributed by atoms with van der Waals surface area (Å²) < 4.78 is 0. The third-order valence-corrected chi connectivity index (χ3v) is 5.70. The fourth-order valence-corrected chi connectivity index (χ4v) is 3.97. The Morgan fingerprint density at radius 1 is 1.14 bits per heavy atom. The molecule has 0 spiro atoms. The number of carbonyl (C=O) groups excluding carboxylic acids is 2. The summed E-state index contributed by atoms with van der Waals surface area (Å²) in [6, 6.07) is 6.18. The molecule has 1 aliphatic carbocycles. The van der Waals surface area contributed by atoms with E-state index in [2.05, 4.69) is 42.3 Å². The van der Waals surface area contributed by atoms with Crippen LogP contribution in [0.4, 0.5) is 11.4 Å². The molecule has 0 atom stereocenters. The molecule has 2 rings (SSSR count). The average molecular weight is 400 g/mol. The minimum atomic E-state index is -0.0381. The molecule has 29 heavy (non-hydrogen) atoms. The van der Waals surface area contributed by atoms with Crippen LogP contribution in [0.15, 0.2) is 29.8 Å². The Labute approximate surface area is 176 Å². The topological polar surface area (TPSA) is 52.6 Å². The summed E-state index contributed by atoms with van der Waals surface area (Å²) >= 11 is 0. The smallest absolute Gasteiger partial charge is 0.223 e. The first-order valence-electron chi connectivity index (χ1n) is 11.0. The van der Waals surface area contributed by atoms with E-state index in [1.54, 1.807) is 11.8 Å². The van der Waals surface area contributed by atoms with Crippen LogP contribution in [0, 0.1) is 6.92 Å². The summed E-state index contributed by atoms with van der Waals surface area (Å²) in [6.07, 6.45) is 8.45. The highest BCUT2D eigenvalue weighted by Gasteiger charge is 2.16. The van der Waals surface area contributed by atoms with Gasteiger partial charge in [0.05, 0.1) is 0 Å². The molecule has 5 nitrogen and oxygen atoms in total. The van der Waals surface area contributed by atoms with Crippen molar-refractivity contribution >= 4 is 23.2 Å². The molecule has 2 amide bonds. The number of hydrogen-bond donors (Lipinski definition) is 1. The molecule has 0 aliphatic heterocycles. The number of nitrogens with one attached hydrogen (secondary N) is 1. The Morgan fingerprint density at radius 3 is 2.48 bits per heavy atom. The average Bonchev–Trinajstić information content (AvgIpc) is 2.71. The van der Waals surface area contributed by atoms with Gasteiger partial charge in [0.2, 0.25) is 11.8 Å². The van der Waals surface area contributed by atoms with Gasteiger partial charge in [-0.3, -0.25) is 9.59 Å². The lowest BCUT2D eigenvalue weighted by Gasteiger charge is -2.26. The van der Waals surface area contributed by atoms with Gasteiger partial charge < -0.3 is 15.1 Å². The molecule has 0 fully saturated rings. The molecule has 5 heteroatoms. The minimum Gasteiger partial charge on any atom is -0.372 e. The second-order valence-electron chi connectivity index (χ2n) is 7.77. The van der Waals surface area contributed by atoms with Gasteiger partial charge in [-0.25, -0.2) is 0 Å². The Kier molecular flexibility index (Phi) is 9.23. The lowest BCUT2D eigenvalue weighted by atomic mass is 9.97. The summed E-state index contributed by atoms with van der Waals surface area (Å²) in [5.41, 5.74) is 4.56. The zero-order chi connectivity index (χ0) is 21.2. The predicted molar refractivity (Wildman–Crippen MR) is 122 cm³/mol. The van der Waals surface area contributed by atoms with Crippen molar-refractivity contribution in [2.24, 2.45) is 0 Å². The van der Waals surface area contributed by atoms with Crippen LogP contribution in [-0.2, 0) is 9.59 Å². The van der Waals surface area contributed by atoms with Crippen molar-refractivity contribution in [1.29, 1.82) is 0 Å². The number of hydrogen-bond acceptors (Lipinski definition) is 3. The summed E-state index contributed by atoms with van der Waals surface area (Å²) in [5, 5.41) is 3.01. The fourth-order valence-electron chi connectivity index (χ4n) is 3.97. The van der Waals surface area contributed by atoms with Gasteiger partial charge in [-0.15, -0.1) is 0 Å². The van der Waals surface area contributed by atoms with Gasteiger partial charge in [-0.2, -0.15) is 0 Å². The van der Waals surface area contributed by atoms with E-state index in [-0.39, 0.29) is 11.8 Å². The molecular formula is C24H37N3O2. The zero-order valence-electron chi connectivity index (χ0n) is 18.6. The normalized spacial score (nSPS) is 13.6. The van der Waals surface area contributed by atoms with Crippen molar-refractivity contribution in [1.82, 2.24) is 5.32 Å². The molecule has 1 aliphatic rings. The quantitative estimate of drug-likeness (QED) is 0.586. The first-order chi connectivity index (χ1) is 14.0. The SMILES string of the molecule is CCN(CC)c1ccc(N(CCC(=O)NCCC2=CCCCC2)C(C)=O)c(C)c1. The van der Waals surface area contributed by atoms with Crippen molar-refractivity contribution in [3.8, 4) is 0 Å². The number of amides is 2. The molecule has 0 unspecified atom stereocenters. The molecule has 1 aromatic rings. The highest BCUT2D eigenvalue weighted by Crippen LogP contribution is 2.26. The summed E-state index contributed by atoms with van der Waals surface area (Å²) in [7, 11) is 0. The minimum absolute atomic E-state index is 0.00470. The maximum Gasteiger partial charge on any atom is 0.223 e. The van der Waals surface area contributed by atoms with Crippen LogP contribution in [0.25, 0.3) is 0 Å². The van der Waals surface area contributed by atoms with Crippen molar-refractivity contribution in [2.75, 3.05) is 36.0 Å². The summed E-state index contributed by atoms with van der Waals surface area (Å²) in [4.78, 5) is 28.5. The van der Waals surface area contributed by atoms with Crippen LogP contribution in [-0.4, -0.2) is 38.0 Å². The monoisotopic (exact) mass is 399 g/mol. The standard InChI is InChI=1S/C24H37N3O2/c1-5-26(6-2)22-12-13-23(19(3)18-22)27(20(4)28)17-15-24(29)25-16-14-21-10-8-7-9-11-21/h10,12-13,18H,5-9,11,14-17H2,1-4H3,(H,25,29). The molecule has 1 aromatic carbocycles. The Balaban J connectivity index is 1.91. The number of rotatable bonds is 10. The fraction of sp³-hybridized carbons (Fsp3) is 0.583. The number of aryl methyl sites for hydroxylation is 1. The highest BCUT2D eigenvalue weighted by molar-refractivity contribution is 5.93. The number of benzene rings is 1. The second-order valence-corrected chi connectivity index (χ2v) is 7.77. The van der Waals surface area contributed by atoms with Gasteiger partial charge in [-0.05, 0) is 76.6 Å². The maximum atomic E-state index is 12.3. The van der Waals surface area contributed by atoms with E-state index in [1.165, 1.54) is 24.8 Å². The molecule has 0 saturated carbocycles. The van der Waals surface area contributed by atoms with Crippen molar-refractivity contribution in [3.05, 3.63) is 35.4 Å². The van der Waals surface area contributed by atoms with Crippen LogP contribution >= 0.6 is 0 Å². The van der Waals surface area contributed by atoms with E-state index in [0.717, 1.165) is 42.9 Å². The molecule has 0 radical (unpaired) electrons. The van der Waals surface area contributed by atoms with Crippen LogP contribution in [0.1, 0.15) is 64.9 Å². The largest absolute Gasteiger partial charge is 0.372 e. The maximum absolute atomic E-state index is 12.3. The van der Waals surface area contributed by atoms with E-state index in [1.807, 2.05) is 13.0 Å². The lowest BCUT2D eigenvalue weighted by Crippen LogP contribution is -2.34. The lowest BCUT2D eigenvalue weighted by molar-refractivity contribution is -0.121. The molecular weight excluding hydrogens is 362 g/mol. The number of anilines is 2. The predicted octanol–water partition coefficient (Wildman–Crippen LogP) is 4.59. The number of carbonyl (C=O) groups is 2. The summed E-state index contributed by atoms with van der Waals surface area (Å²) in [5.74, 6) is -0.0334. The molecule has 160 valence electrons. The molecule has 0 heterocycles. The number of nitrogens with zero attached hydrogens (tertiary/aromatic N) is 2. The van der Waals surface area contributed by atoms with Gasteiger partial charge in [0.1, 0.15) is 0 Å². The molecule has 0 aromatic heterocycles. The van der Waals surface area contributed by atoms with Gasteiger partial charge in [0.15, 0.2) is 0 Å². The van der Waals surface area contributed by atoms with Gasteiger partial charge >= 0.3 is 0 Å². The third-order valence-electron chi connectivity index (χ3n) is 5.70. The van der Waals surface area contributed by atoms with Crippen molar-refractivity contribution < 1.29 is 9.59 Å². The van der Waals surface area contributed by atoms with Crippen LogP contribution in [0.2, 0.25) is 0 Å². The second kappa shape index (κ2) is 11.6. The molecule has 0 bridgehead atoms. The third kappa shape index (κ3) is 6.91. The zero-order valence-corrected chi connectivity index (χ0v) is 18.6. The summed E-state index contributed by atoms with van der Waals surface area (Å²) in [6.45, 7) is 10.8. The Bertz CT molecular complexity index is 723. The van der Waals surface area contributed by atoms with E-state index < -0.39 is 0 Å². The van der Waals surface area contributed by atoms with Crippen molar-refractivity contribution in [3.63, 3.8) is 0 Å². The van der Waals surface area contributed by atoms with Gasteiger partial charge in [0, 0.05) is 50.9 Å². The first-order valence-corrected chi connectivity index (χ1v) is 11.0. The van der Waals surface area contributed by atoms with Crippen LogP contribution in [0.3, 0.4) is 0 Å². The van der Waals surface area contributed by atoms with Gasteiger partial charge in [-0.1, -0.05) is 11.6 Å². The van der Waals surface area contributed by atoms with E-state index in [4.69, 9.17) is 0 Å². The number of allylic oxidation sites excluding steroid dienone is 1.